The smallest absolute Gasteiger partial charge is 0.258 e. The van der Waals surface area contributed by atoms with E-state index in [9.17, 15) is 4.79 Å². The predicted molar refractivity (Wildman–Crippen MR) is 75.0 cm³/mol. The molecule has 2 aromatic rings. The Hall–Kier alpha value is -1.24. The number of aliphatic hydroxyl groups excluding tert-OH is 1. The van der Waals surface area contributed by atoms with Gasteiger partial charge >= 0.3 is 0 Å². The van der Waals surface area contributed by atoms with Crippen molar-refractivity contribution in [1.82, 2.24) is 14.3 Å². The monoisotopic (exact) mass is 323 g/mol. The van der Waals surface area contributed by atoms with Crippen molar-refractivity contribution in [2.24, 2.45) is 5.92 Å². The second kappa shape index (κ2) is 5.03. The molecule has 1 aliphatic heterocycles. The second-order valence-electron chi connectivity index (χ2n) is 4.90. The summed E-state index contributed by atoms with van der Waals surface area (Å²) in [5.74, 6) is 0.373. The maximum atomic E-state index is 12.0. The number of rotatable bonds is 3. The van der Waals surface area contributed by atoms with E-state index < -0.39 is 0 Å². The van der Waals surface area contributed by atoms with E-state index in [0.717, 1.165) is 23.3 Å². The fourth-order valence-corrected chi connectivity index (χ4v) is 2.69. The van der Waals surface area contributed by atoms with Crippen LogP contribution in [-0.2, 0) is 6.54 Å². The zero-order valence-electron chi connectivity index (χ0n) is 10.3. The molecular weight excluding hydrogens is 310 g/mol. The Labute approximate surface area is 118 Å². The topological polar surface area (TPSA) is 57.8 Å². The summed E-state index contributed by atoms with van der Waals surface area (Å²) < 4.78 is 2.38. The van der Waals surface area contributed by atoms with Gasteiger partial charge in [-0.25, -0.2) is 4.98 Å². The van der Waals surface area contributed by atoms with Crippen LogP contribution >= 0.6 is 15.9 Å². The minimum atomic E-state index is -0.0690. The molecule has 0 unspecified atom stereocenters. The Morgan fingerprint density at radius 2 is 2.21 bits per heavy atom. The summed E-state index contributed by atoms with van der Waals surface area (Å²) in [5, 5.41) is 8.98. The van der Waals surface area contributed by atoms with Gasteiger partial charge in [0.15, 0.2) is 0 Å². The maximum absolute atomic E-state index is 12.0. The standard InChI is InChI=1S/C13H14BrN3O2/c14-10-1-2-12-15-11(3-13(19)17(12)6-10)7-16-4-9(5-16)8-18/h1-3,6,9,18H,4-5,7-8H2. The molecule has 1 fully saturated rings. The lowest BCUT2D eigenvalue weighted by molar-refractivity contribution is 0.0470. The highest BCUT2D eigenvalue weighted by atomic mass is 79.9. The number of aromatic nitrogens is 2. The molecule has 0 amide bonds. The van der Waals surface area contributed by atoms with Crippen LogP contribution in [-0.4, -0.2) is 39.1 Å². The van der Waals surface area contributed by atoms with Crippen LogP contribution < -0.4 is 5.56 Å². The fraction of sp³-hybridized carbons (Fsp3) is 0.385. The van der Waals surface area contributed by atoms with Gasteiger partial charge in [-0.05, 0) is 28.1 Å². The van der Waals surface area contributed by atoms with E-state index >= 15 is 0 Å². The molecule has 0 radical (unpaired) electrons. The van der Waals surface area contributed by atoms with E-state index in [1.807, 2.05) is 12.1 Å². The summed E-state index contributed by atoms with van der Waals surface area (Å²) >= 11 is 3.34. The quantitative estimate of drug-likeness (QED) is 0.911. The van der Waals surface area contributed by atoms with Gasteiger partial charge in [0, 0.05) is 48.9 Å². The summed E-state index contributed by atoms with van der Waals surface area (Å²) in [6.45, 7) is 2.65. The number of nitrogens with zero attached hydrogens (tertiary/aromatic N) is 3. The Morgan fingerprint density at radius 1 is 1.42 bits per heavy atom. The van der Waals surface area contributed by atoms with Crippen LogP contribution in [0.5, 0.6) is 0 Å². The normalized spacial score (nSPS) is 16.7. The van der Waals surface area contributed by atoms with E-state index in [1.165, 1.54) is 4.40 Å². The first-order valence-corrected chi connectivity index (χ1v) is 6.96. The van der Waals surface area contributed by atoms with Crippen LogP contribution in [0.3, 0.4) is 0 Å². The highest BCUT2D eigenvalue weighted by Crippen LogP contribution is 2.17. The van der Waals surface area contributed by atoms with Crippen molar-refractivity contribution in [3.63, 3.8) is 0 Å². The van der Waals surface area contributed by atoms with Crippen molar-refractivity contribution in [1.29, 1.82) is 0 Å². The Balaban J connectivity index is 1.85. The zero-order chi connectivity index (χ0) is 13.4. The van der Waals surface area contributed by atoms with Crippen LogP contribution in [0.2, 0.25) is 0 Å². The number of hydrogen-bond donors (Lipinski definition) is 1. The third-order valence-electron chi connectivity index (χ3n) is 3.35. The number of pyridine rings is 1. The summed E-state index contributed by atoms with van der Waals surface area (Å²) in [7, 11) is 0. The molecule has 1 saturated heterocycles. The summed E-state index contributed by atoms with van der Waals surface area (Å²) in [6.07, 6.45) is 1.72. The van der Waals surface area contributed by atoms with Gasteiger partial charge in [0.25, 0.3) is 5.56 Å². The first kappa shape index (κ1) is 12.8. The number of fused-ring (bicyclic) bond motifs is 1. The van der Waals surface area contributed by atoms with Crippen molar-refractivity contribution in [2.75, 3.05) is 19.7 Å². The van der Waals surface area contributed by atoms with Gasteiger partial charge in [-0.3, -0.25) is 14.1 Å². The lowest BCUT2D eigenvalue weighted by Crippen LogP contribution is -2.47. The molecule has 0 aliphatic carbocycles. The van der Waals surface area contributed by atoms with Crippen molar-refractivity contribution in [3.05, 3.63) is 44.9 Å². The molecule has 0 spiro atoms. The Morgan fingerprint density at radius 3 is 2.95 bits per heavy atom. The molecule has 5 nitrogen and oxygen atoms in total. The van der Waals surface area contributed by atoms with Crippen LogP contribution in [0.1, 0.15) is 5.69 Å². The third kappa shape index (κ3) is 2.56. The van der Waals surface area contributed by atoms with Crippen LogP contribution in [0.4, 0.5) is 0 Å². The van der Waals surface area contributed by atoms with E-state index in [2.05, 4.69) is 25.8 Å². The van der Waals surface area contributed by atoms with Crippen LogP contribution in [0.15, 0.2) is 33.7 Å². The number of halogens is 1. The average Bonchev–Trinajstić information content (AvgIpc) is 2.34. The molecule has 100 valence electrons. The Kier molecular flexibility index (Phi) is 3.38. The molecule has 19 heavy (non-hydrogen) atoms. The fourth-order valence-electron chi connectivity index (χ4n) is 2.36. The molecule has 3 rings (SSSR count). The minimum absolute atomic E-state index is 0.0690. The first-order valence-electron chi connectivity index (χ1n) is 6.17. The number of likely N-dealkylation sites (tertiary alicyclic amines) is 1. The van der Waals surface area contributed by atoms with E-state index in [0.29, 0.717) is 18.1 Å². The molecule has 1 aliphatic rings. The lowest BCUT2D eigenvalue weighted by Gasteiger charge is -2.37. The lowest BCUT2D eigenvalue weighted by atomic mass is 10.0. The molecule has 0 aromatic carbocycles. The summed E-state index contributed by atoms with van der Waals surface area (Å²) in [6, 6.07) is 5.27. The highest BCUT2D eigenvalue weighted by Gasteiger charge is 2.26. The molecule has 6 heteroatoms. The van der Waals surface area contributed by atoms with Gasteiger partial charge < -0.3 is 5.11 Å². The molecule has 1 N–H and O–H groups in total. The molecule has 2 aromatic heterocycles. The van der Waals surface area contributed by atoms with Crippen molar-refractivity contribution >= 4 is 21.6 Å². The summed E-state index contributed by atoms with van der Waals surface area (Å²) in [5.41, 5.74) is 1.37. The van der Waals surface area contributed by atoms with Crippen molar-refractivity contribution < 1.29 is 5.11 Å². The van der Waals surface area contributed by atoms with Gasteiger partial charge in [-0.15, -0.1) is 0 Å². The molecule has 0 saturated carbocycles. The van der Waals surface area contributed by atoms with Gasteiger partial charge in [0.2, 0.25) is 0 Å². The Bertz CT molecular complexity index is 664. The zero-order valence-corrected chi connectivity index (χ0v) is 11.9. The van der Waals surface area contributed by atoms with Gasteiger partial charge in [0.1, 0.15) is 5.65 Å². The highest BCUT2D eigenvalue weighted by molar-refractivity contribution is 9.10. The van der Waals surface area contributed by atoms with Gasteiger partial charge in [-0.2, -0.15) is 0 Å². The van der Waals surface area contributed by atoms with Crippen LogP contribution in [0.25, 0.3) is 5.65 Å². The molecule has 0 bridgehead atoms. The average molecular weight is 324 g/mol. The molecule has 3 heterocycles. The predicted octanol–water partition coefficient (Wildman–Crippen LogP) is 0.881. The number of aliphatic hydroxyl groups is 1. The minimum Gasteiger partial charge on any atom is -0.396 e. The van der Waals surface area contributed by atoms with E-state index in [4.69, 9.17) is 5.11 Å². The summed E-state index contributed by atoms with van der Waals surface area (Å²) in [4.78, 5) is 18.7. The van der Waals surface area contributed by atoms with E-state index in [-0.39, 0.29) is 12.2 Å². The largest absolute Gasteiger partial charge is 0.396 e. The maximum Gasteiger partial charge on any atom is 0.258 e. The van der Waals surface area contributed by atoms with E-state index in [1.54, 1.807) is 12.3 Å². The van der Waals surface area contributed by atoms with Crippen molar-refractivity contribution in [2.45, 2.75) is 6.54 Å². The molecule has 0 atom stereocenters. The molecular formula is C13H14BrN3O2. The van der Waals surface area contributed by atoms with Crippen molar-refractivity contribution in [3.8, 4) is 0 Å². The van der Waals surface area contributed by atoms with Gasteiger partial charge in [0.05, 0.1) is 5.69 Å². The second-order valence-corrected chi connectivity index (χ2v) is 5.82. The SMILES string of the molecule is O=c1cc(CN2CC(CO)C2)nc2ccc(Br)cn12. The van der Waals surface area contributed by atoms with Crippen LogP contribution in [0, 0.1) is 5.92 Å². The first-order chi connectivity index (χ1) is 9.15. The number of hydrogen-bond acceptors (Lipinski definition) is 4. The third-order valence-corrected chi connectivity index (χ3v) is 3.82. The van der Waals surface area contributed by atoms with Gasteiger partial charge in [-0.1, -0.05) is 0 Å².